The fourth-order valence-corrected chi connectivity index (χ4v) is 3.80. The molecule has 2 aromatic rings. The maximum Gasteiger partial charge on any atom is 0.270 e. The summed E-state index contributed by atoms with van der Waals surface area (Å²) in [7, 11) is 0. The number of hydrogen-bond acceptors (Lipinski definition) is 7. The SMILES string of the molecule is Cc1nc2c(s1)-c1nc(/N=C3/C=C([N+](=O)[O-])C=CC3)ncc1CC2. The number of nitrogens with zero attached hydrogens (tertiary/aromatic N) is 5. The lowest BCUT2D eigenvalue weighted by Gasteiger charge is -2.13. The summed E-state index contributed by atoms with van der Waals surface area (Å²) in [6.45, 7) is 1.99. The summed E-state index contributed by atoms with van der Waals surface area (Å²) >= 11 is 1.63. The van der Waals surface area contributed by atoms with Crippen LogP contribution in [0.4, 0.5) is 5.95 Å². The van der Waals surface area contributed by atoms with Gasteiger partial charge in [0.05, 0.1) is 31.9 Å². The van der Waals surface area contributed by atoms with E-state index in [9.17, 15) is 10.1 Å². The van der Waals surface area contributed by atoms with Crippen molar-refractivity contribution in [2.45, 2.75) is 26.2 Å². The molecule has 0 aromatic carbocycles. The number of hydrogen-bond donors (Lipinski definition) is 0. The van der Waals surface area contributed by atoms with Gasteiger partial charge in [-0.05, 0) is 25.3 Å². The first kappa shape index (κ1) is 14.8. The van der Waals surface area contributed by atoms with Gasteiger partial charge in [-0.1, -0.05) is 6.08 Å². The molecule has 0 aliphatic heterocycles. The van der Waals surface area contributed by atoms with Crippen LogP contribution in [0.3, 0.4) is 0 Å². The van der Waals surface area contributed by atoms with Crippen molar-refractivity contribution in [1.82, 2.24) is 15.0 Å². The number of allylic oxidation sites excluding steroid dienone is 3. The van der Waals surface area contributed by atoms with Crippen LogP contribution < -0.4 is 0 Å². The highest BCUT2D eigenvalue weighted by molar-refractivity contribution is 7.15. The van der Waals surface area contributed by atoms with Crippen LogP contribution in [-0.2, 0) is 12.8 Å². The molecule has 4 rings (SSSR count). The van der Waals surface area contributed by atoms with Gasteiger partial charge in [-0.25, -0.2) is 19.9 Å². The van der Waals surface area contributed by atoms with Crippen LogP contribution in [0.5, 0.6) is 0 Å². The molecule has 8 heteroatoms. The van der Waals surface area contributed by atoms with Crippen molar-refractivity contribution < 1.29 is 4.92 Å². The molecule has 0 amide bonds. The monoisotopic (exact) mass is 339 g/mol. The van der Waals surface area contributed by atoms with Gasteiger partial charge in [-0.2, -0.15) is 0 Å². The van der Waals surface area contributed by atoms with E-state index in [2.05, 4.69) is 19.9 Å². The highest BCUT2D eigenvalue weighted by Crippen LogP contribution is 2.36. The first-order chi connectivity index (χ1) is 11.6. The molecular formula is C16H13N5O2S. The van der Waals surface area contributed by atoms with E-state index < -0.39 is 4.92 Å². The Kier molecular flexibility index (Phi) is 3.53. The Morgan fingerprint density at radius 1 is 1.33 bits per heavy atom. The third kappa shape index (κ3) is 2.65. The molecule has 0 radical (unpaired) electrons. The molecular weight excluding hydrogens is 326 g/mol. The summed E-state index contributed by atoms with van der Waals surface area (Å²) in [6, 6.07) is 0. The van der Waals surface area contributed by atoms with Crippen LogP contribution in [0, 0.1) is 17.0 Å². The minimum Gasteiger partial charge on any atom is -0.258 e. The Hall–Kier alpha value is -2.74. The zero-order valence-electron chi connectivity index (χ0n) is 12.9. The van der Waals surface area contributed by atoms with Crippen molar-refractivity contribution in [3.05, 3.63) is 56.5 Å². The van der Waals surface area contributed by atoms with Crippen molar-refractivity contribution >= 4 is 23.0 Å². The fourth-order valence-electron chi connectivity index (χ4n) is 2.81. The zero-order chi connectivity index (χ0) is 16.7. The number of rotatable bonds is 2. The largest absolute Gasteiger partial charge is 0.270 e. The molecule has 2 aliphatic carbocycles. The van der Waals surface area contributed by atoms with E-state index in [-0.39, 0.29) is 5.70 Å². The van der Waals surface area contributed by atoms with E-state index >= 15 is 0 Å². The molecule has 0 N–H and O–H groups in total. The lowest BCUT2D eigenvalue weighted by molar-refractivity contribution is -0.418. The smallest absolute Gasteiger partial charge is 0.258 e. The zero-order valence-corrected chi connectivity index (χ0v) is 13.7. The Bertz CT molecular complexity index is 942. The summed E-state index contributed by atoms with van der Waals surface area (Å²) < 4.78 is 0. The predicted octanol–water partition coefficient (Wildman–Crippen LogP) is 3.20. The van der Waals surface area contributed by atoms with Gasteiger partial charge in [0.1, 0.15) is 0 Å². The topological polar surface area (TPSA) is 94.2 Å². The van der Waals surface area contributed by atoms with Crippen LogP contribution in [0.1, 0.15) is 22.7 Å². The predicted molar refractivity (Wildman–Crippen MR) is 91.2 cm³/mol. The molecule has 0 bridgehead atoms. The van der Waals surface area contributed by atoms with Crippen LogP contribution in [-0.4, -0.2) is 25.6 Å². The molecule has 0 atom stereocenters. The molecule has 2 heterocycles. The summed E-state index contributed by atoms with van der Waals surface area (Å²) in [5, 5.41) is 11.9. The van der Waals surface area contributed by atoms with Crippen molar-refractivity contribution in [2.24, 2.45) is 4.99 Å². The number of aliphatic imine (C=N–C) groups is 1. The molecule has 0 saturated carbocycles. The molecule has 0 spiro atoms. The summed E-state index contributed by atoms with van der Waals surface area (Å²) in [4.78, 5) is 29.4. The van der Waals surface area contributed by atoms with Gasteiger partial charge in [0.25, 0.3) is 5.70 Å². The van der Waals surface area contributed by atoms with Gasteiger partial charge in [-0.15, -0.1) is 11.3 Å². The second-order valence-electron chi connectivity index (χ2n) is 5.59. The first-order valence-corrected chi connectivity index (χ1v) is 8.34. The quantitative estimate of drug-likeness (QED) is 0.618. The lowest BCUT2D eigenvalue weighted by atomic mass is 10.00. The van der Waals surface area contributed by atoms with Crippen LogP contribution in [0.25, 0.3) is 10.6 Å². The minimum absolute atomic E-state index is 0.0262. The average molecular weight is 339 g/mol. The number of aryl methyl sites for hydroxylation is 3. The van der Waals surface area contributed by atoms with Crippen LogP contribution in [0.15, 0.2) is 35.1 Å². The molecule has 24 heavy (non-hydrogen) atoms. The molecule has 2 aliphatic rings. The highest BCUT2D eigenvalue weighted by atomic mass is 32.1. The Labute approximate surface area is 141 Å². The third-order valence-corrected chi connectivity index (χ3v) is 4.91. The van der Waals surface area contributed by atoms with E-state index in [1.54, 1.807) is 23.6 Å². The number of thiazole rings is 1. The van der Waals surface area contributed by atoms with Gasteiger partial charge >= 0.3 is 0 Å². The van der Waals surface area contributed by atoms with E-state index in [1.165, 1.54) is 12.2 Å². The van der Waals surface area contributed by atoms with Gasteiger partial charge in [0.15, 0.2) is 0 Å². The molecule has 2 aromatic heterocycles. The average Bonchev–Trinajstić information content (AvgIpc) is 2.96. The van der Waals surface area contributed by atoms with Crippen LogP contribution >= 0.6 is 11.3 Å². The fraction of sp³-hybridized carbons (Fsp3) is 0.250. The standard InChI is InChI=1S/C16H13N5O2S/c1-9-18-13-6-5-10-8-17-16(20-14(10)15(13)24-9)19-11-3-2-4-12(7-11)21(22)23/h2,4,7-8H,3,5-6H2,1H3/b19-11+. The second kappa shape index (κ2) is 5.72. The van der Waals surface area contributed by atoms with Gasteiger partial charge in [0, 0.05) is 24.8 Å². The summed E-state index contributed by atoms with van der Waals surface area (Å²) in [5.74, 6) is 0.330. The molecule has 7 nitrogen and oxygen atoms in total. The minimum atomic E-state index is -0.425. The second-order valence-corrected chi connectivity index (χ2v) is 6.79. The van der Waals surface area contributed by atoms with Crippen molar-refractivity contribution in [3.63, 3.8) is 0 Å². The third-order valence-electron chi connectivity index (χ3n) is 3.89. The van der Waals surface area contributed by atoms with Crippen molar-refractivity contribution in [1.29, 1.82) is 0 Å². The molecule has 0 fully saturated rings. The van der Waals surface area contributed by atoms with Crippen molar-refractivity contribution in [2.75, 3.05) is 0 Å². The van der Waals surface area contributed by atoms with Gasteiger partial charge in [0.2, 0.25) is 5.95 Å². The van der Waals surface area contributed by atoms with E-state index in [0.29, 0.717) is 18.1 Å². The number of aromatic nitrogens is 3. The highest BCUT2D eigenvalue weighted by Gasteiger charge is 2.22. The molecule has 0 saturated heterocycles. The summed E-state index contributed by atoms with van der Waals surface area (Å²) in [6.07, 6.45) is 8.78. The maximum atomic E-state index is 10.9. The lowest BCUT2D eigenvalue weighted by Crippen LogP contribution is -2.07. The van der Waals surface area contributed by atoms with Crippen molar-refractivity contribution in [3.8, 4) is 10.6 Å². The van der Waals surface area contributed by atoms with Gasteiger partial charge < -0.3 is 0 Å². The first-order valence-electron chi connectivity index (χ1n) is 7.53. The van der Waals surface area contributed by atoms with E-state index in [4.69, 9.17) is 0 Å². The normalized spacial score (nSPS) is 17.4. The Morgan fingerprint density at radius 3 is 3.04 bits per heavy atom. The molecule has 120 valence electrons. The number of nitro groups is 1. The van der Waals surface area contributed by atoms with E-state index in [0.717, 1.165) is 39.7 Å². The van der Waals surface area contributed by atoms with E-state index in [1.807, 2.05) is 6.92 Å². The van der Waals surface area contributed by atoms with Crippen LogP contribution in [0.2, 0.25) is 0 Å². The number of fused-ring (bicyclic) bond motifs is 3. The molecule has 0 unspecified atom stereocenters. The maximum absolute atomic E-state index is 10.9. The van der Waals surface area contributed by atoms with Gasteiger partial charge in [-0.3, -0.25) is 10.1 Å². The summed E-state index contributed by atoms with van der Waals surface area (Å²) in [5.41, 5.74) is 3.68. The Morgan fingerprint density at radius 2 is 2.21 bits per heavy atom. The Balaban J connectivity index is 1.73.